The number of hydrogen-bond donors (Lipinski definition) is 0. The van der Waals surface area contributed by atoms with Crippen molar-refractivity contribution in [2.45, 2.75) is 37.6 Å². The van der Waals surface area contributed by atoms with Gasteiger partial charge in [0.05, 0.1) is 37.8 Å². The van der Waals surface area contributed by atoms with Gasteiger partial charge in [0.15, 0.2) is 11.5 Å². The average molecular weight is 553 g/mol. The van der Waals surface area contributed by atoms with E-state index in [1.54, 1.807) is 48.5 Å². The topological polar surface area (TPSA) is 102 Å². The number of imide groups is 1. The Morgan fingerprint density at radius 3 is 2.21 bits per heavy atom. The Bertz CT molecular complexity index is 1440. The van der Waals surface area contributed by atoms with Gasteiger partial charge in [0, 0.05) is 6.54 Å². The first kappa shape index (κ1) is 28.1. The third-order valence-corrected chi connectivity index (χ3v) is 8.50. The van der Waals surface area contributed by atoms with Gasteiger partial charge in [-0.15, -0.1) is 0 Å². The Kier molecular flexibility index (Phi) is 8.57. The number of carbonyl (C=O) groups excluding carboxylic acids is 2. The number of methoxy groups -OCH3 is 2. The van der Waals surface area contributed by atoms with Crippen molar-refractivity contribution in [3.63, 3.8) is 0 Å². The molecule has 1 atom stereocenters. The van der Waals surface area contributed by atoms with E-state index in [4.69, 9.17) is 14.2 Å². The first-order valence-electron chi connectivity index (χ1n) is 12.6. The van der Waals surface area contributed by atoms with Crippen LogP contribution in [0.5, 0.6) is 17.2 Å². The molecule has 206 valence electrons. The van der Waals surface area contributed by atoms with Crippen molar-refractivity contribution in [1.82, 2.24) is 4.31 Å². The molecule has 1 fully saturated rings. The van der Waals surface area contributed by atoms with Gasteiger partial charge in [0.1, 0.15) is 11.8 Å². The maximum Gasteiger partial charge on any atom is 0.252 e. The van der Waals surface area contributed by atoms with Gasteiger partial charge < -0.3 is 14.2 Å². The second-order valence-corrected chi connectivity index (χ2v) is 11.0. The van der Waals surface area contributed by atoms with E-state index in [1.165, 1.54) is 26.4 Å². The number of carbonyl (C=O) groups is 2. The summed E-state index contributed by atoms with van der Waals surface area (Å²) in [5.41, 5.74) is 2.06. The molecule has 1 saturated heterocycles. The molecule has 1 heterocycles. The first-order chi connectivity index (χ1) is 18.7. The molecule has 0 bridgehead atoms. The molecule has 10 heteroatoms. The molecule has 3 aromatic rings. The van der Waals surface area contributed by atoms with Crippen molar-refractivity contribution in [2.75, 3.05) is 32.3 Å². The molecule has 9 nitrogen and oxygen atoms in total. The number of aryl methyl sites for hydroxylation is 1. The van der Waals surface area contributed by atoms with Gasteiger partial charge in [-0.1, -0.05) is 23.8 Å². The second-order valence-electron chi connectivity index (χ2n) is 9.08. The molecule has 2 amide bonds. The normalized spacial score (nSPS) is 15.6. The highest BCUT2D eigenvalue weighted by Crippen LogP contribution is 2.32. The molecule has 0 N–H and O–H groups in total. The van der Waals surface area contributed by atoms with Crippen LogP contribution < -0.4 is 19.1 Å². The van der Waals surface area contributed by atoms with Gasteiger partial charge in [-0.2, -0.15) is 4.31 Å². The fourth-order valence-corrected chi connectivity index (χ4v) is 6.12. The van der Waals surface area contributed by atoms with E-state index in [0.29, 0.717) is 29.5 Å². The summed E-state index contributed by atoms with van der Waals surface area (Å²) in [7, 11) is -1.06. The molecule has 0 spiro atoms. The predicted octanol–water partition coefficient (Wildman–Crippen LogP) is 3.98. The van der Waals surface area contributed by atoms with Crippen molar-refractivity contribution in [1.29, 1.82) is 0 Å². The van der Waals surface area contributed by atoms with Crippen LogP contribution in [0.4, 0.5) is 5.69 Å². The van der Waals surface area contributed by atoms with Crippen LogP contribution in [0.25, 0.3) is 0 Å². The Labute approximate surface area is 228 Å². The number of ether oxygens (including phenoxy) is 3. The summed E-state index contributed by atoms with van der Waals surface area (Å²) in [4.78, 5) is 27.8. The highest BCUT2D eigenvalue weighted by Gasteiger charge is 2.46. The third kappa shape index (κ3) is 5.91. The number of hydrogen-bond acceptors (Lipinski definition) is 7. The van der Waals surface area contributed by atoms with Crippen LogP contribution in [0.1, 0.15) is 24.5 Å². The third-order valence-electron chi connectivity index (χ3n) is 6.57. The lowest BCUT2D eigenvalue weighted by molar-refractivity contribution is -0.122. The van der Waals surface area contributed by atoms with E-state index in [-0.39, 0.29) is 24.3 Å². The van der Waals surface area contributed by atoms with Crippen molar-refractivity contribution >= 4 is 27.5 Å². The summed E-state index contributed by atoms with van der Waals surface area (Å²) in [6.45, 7) is 4.18. The molecule has 3 aromatic carbocycles. The molecule has 0 saturated carbocycles. The van der Waals surface area contributed by atoms with Crippen molar-refractivity contribution in [2.24, 2.45) is 0 Å². The van der Waals surface area contributed by atoms with Crippen molar-refractivity contribution < 1.29 is 32.2 Å². The summed E-state index contributed by atoms with van der Waals surface area (Å²) in [6.07, 6.45) is 0.0234. The van der Waals surface area contributed by atoms with Crippen molar-refractivity contribution in [3.05, 3.63) is 77.9 Å². The van der Waals surface area contributed by atoms with Gasteiger partial charge in [0.25, 0.3) is 5.91 Å². The largest absolute Gasteiger partial charge is 0.494 e. The highest BCUT2D eigenvalue weighted by atomic mass is 32.2. The molecule has 4 rings (SSSR count). The summed E-state index contributed by atoms with van der Waals surface area (Å²) < 4.78 is 45.0. The van der Waals surface area contributed by atoms with E-state index in [1.807, 2.05) is 19.9 Å². The Hall–Kier alpha value is -3.89. The van der Waals surface area contributed by atoms with Crippen LogP contribution >= 0.6 is 0 Å². The maximum atomic E-state index is 13.9. The minimum Gasteiger partial charge on any atom is -0.494 e. The fraction of sp³-hybridized carbons (Fsp3) is 0.310. The molecular weight excluding hydrogens is 520 g/mol. The zero-order valence-corrected chi connectivity index (χ0v) is 23.2. The Balaban J connectivity index is 1.67. The molecule has 1 unspecified atom stereocenters. The van der Waals surface area contributed by atoms with Gasteiger partial charge in [-0.05, 0) is 74.4 Å². The summed E-state index contributed by atoms with van der Waals surface area (Å²) in [5.74, 6) is 0.608. The summed E-state index contributed by atoms with van der Waals surface area (Å²) in [5, 5.41) is 0. The number of nitrogens with zero attached hydrogens (tertiary/aromatic N) is 2. The fourth-order valence-electron chi connectivity index (χ4n) is 4.53. The molecule has 0 aromatic heterocycles. The quantitative estimate of drug-likeness (QED) is 0.332. The van der Waals surface area contributed by atoms with Crippen LogP contribution in [0.15, 0.2) is 71.6 Å². The van der Waals surface area contributed by atoms with Crippen LogP contribution in [0, 0.1) is 6.92 Å². The minimum atomic E-state index is -4.12. The molecule has 0 aliphatic carbocycles. The van der Waals surface area contributed by atoms with Gasteiger partial charge in [0.2, 0.25) is 15.9 Å². The van der Waals surface area contributed by atoms with Crippen LogP contribution in [0.3, 0.4) is 0 Å². The van der Waals surface area contributed by atoms with E-state index in [9.17, 15) is 18.0 Å². The summed E-state index contributed by atoms with van der Waals surface area (Å²) >= 11 is 0. The second kappa shape index (κ2) is 11.9. The zero-order valence-electron chi connectivity index (χ0n) is 22.4. The van der Waals surface area contributed by atoms with E-state index in [2.05, 4.69) is 0 Å². The van der Waals surface area contributed by atoms with Crippen molar-refractivity contribution in [3.8, 4) is 17.2 Å². The number of rotatable bonds is 11. The number of anilines is 1. The lowest BCUT2D eigenvalue weighted by Crippen LogP contribution is -2.46. The molecule has 1 aliphatic rings. The van der Waals surface area contributed by atoms with E-state index < -0.39 is 27.9 Å². The number of amides is 2. The SMILES string of the molecule is CCOc1ccc(N2C(=O)CC(N(CCc3ccc(OC)c(OC)c3)S(=O)(=O)c3ccc(C)cc3)C2=O)cc1. The summed E-state index contributed by atoms with van der Waals surface area (Å²) in [6, 6.07) is 17.1. The minimum absolute atomic E-state index is 0.0213. The molecule has 39 heavy (non-hydrogen) atoms. The molecular formula is C29H32N2O7S. The Morgan fingerprint density at radius 1 is 0.923 bits per heavy atom. The predicted molar refractivity (Wildman–Crippen MR) is 147 cm³/mol. The Morgan fingerprint density at radius 2 is 1.59 bits per heavy atom. The van der Waals surface area contributed by atoms with Crippen LogP contribution in [-0.2, 0) is 26.0 Å². The van der Waals surface area contributed by atoms with Gasteiger partial charge in [-0.25, -0.2) is 13.3 Å². The monoisotopic (exact) mass is 552 g/mol. The van der Waals surface area contributed by atoms with Crippen LogP contribution in [0.2, 0.25) is 0 Å². The number of sulfonamides is 1. The average Bonchev–Trinajstić information content (AvgIpc) is 3.22. The molecule has 0 radical (unpaired) electrons. The zero-order chi connectivity index (χ0) is 28.2. The lowest BCUT2D eigenvalue weighted by atomic mass is 10.1. The number of benzene rings is 3. The van der Waals surface area contributed by atoms with Gasteiger partial charge >= 0.3 is 0 Å². The maximum absolute atomic E-state index is 13.9. The smallest absolute Gasteiger partial charge is 0.252 e. The van der Waals surface area contributed by atoms with Crippen LogP contribution in [-0.4, -0.2) is 58.0 Å². The van der Waals surface area contributed by atoms with E-state index >= 15 is 0 Å². The van der Waals surface area contributed by atoms with E-state index in [0.717, 1.165) is 20.3 Å². The first-order valence-corrected chi connectivity index (χ1v) is 14.0. The standard InChI is InChI=1S/C29H32N2O7S/c1-5-38-23-11-9-22(10-12-23)31-28(32)19-25(29(31)33)30(39(34,35)24-13-6-20(2)7-14-24)17-16-21-8-15-26(36-3)27(18-21)37-4/h6-15,18,25H,5,16-17,19H2,1-4H3. The lowest BCUT2D eigenvalue weighted by Gasteiger charge is -2.27. The highest BCUT2D eigenvalue weighted by molar-refractivity contribution is 7.89. The van der Waals surface area contributed by atoms with Gasteiger partial charge in [-0.3, -0.25) is 9.59 Å². The molecule has 1 aliphatic heterocycles.